The fourth-order valence-electron chi connectivity index (χ4n) is 1.75. The van der Waals surface area contributed by atoms with Crippen LogP contribution in [0.25, 0.3) is 11.5 Å². The zero-order valence-electron chi connectivity index (χ0n) is 9.94. The van der Waals surface area contributed by atoms with Crippen LogP contribution >= 0.6 is 0 Å². The van der Waals surface area contributed by atoms with Crippen molar-refractivity contribution in [1.29, 1.82) is 0 Å². The van der Waals surface area contributed by atoms with Crippen molar-refractivity contribution in [1.82, 2.24) is 10.3 Å². The molecule has 0 bridgehead atoms. The van der Waals surface area contributed by atoms with Gasteiger partial charge >= 0.3 is 0 Å². The van der Waals surface area contributed by atoms with E-state index in [1.807, 2.05) is 12.1 Å². The molecule has 1 saturated carbocycles. The molecule has 0 saturated heterocycles. The molecule has 17 heavy (non-hydrogen) atoms. The Labute approximate surface area is 101 Å². The predicted octanol–water partition coefficient (Wildman–Crippen LogP) is 2.90. The van der Waals surface area contributed by atoms with E-state index in [0.29, 0.717) is 11.9 Å². The van der Waals surface area contributed by atoms with Crippen LogP contribution in [-0.2, 0) is 6.54 Å². The summed E-state index contributed by atoms with van der Waals surface area (Å²) < 4.78 is 5.49. The Morgan fingerprint density at radius 1 is 1.29 bits per heavy atom. The summed E-state index contributed by atoms with van der Waals surface area (Å²) in [5, 5.41) is 3.42. The van der Waals surface area contributed by atoms with E-state index in [4.69, 9.17) is 4.42 Å². The van der Waals surface area contributed by atoms with Crippen LogP contribution in [0.4, 0.5) is 0 Å². The van der Waals surface area contributed by atoms with Gasteiger partial charge < -0.3 is 9.73 Å². The van der Waals surface area contributed by atoms with Crippen molar-refractivity contribution < 1.29 is 4.42 Å². The second-order valence-corrected chi connectivity index (χ2v) is 4.67. The van der Waals surface area contributed by atoms with Crippen LogP contribution in [0.5, 0.6) is 0 Å². The van der Waals surface area contributed by atoms with Crippen molar-refractivity contribution in [3.8, 4) is 11.5 Å². The van der Waals surface area contributed by atoms with E-state index in [-0.39, 0.29) is 0 Å². The lowest BCUT2D eigenvalue weighted by Gasteiger charge is -1.97. The number of hydrogen-bond donors (Lipinski definition) is 1. The highest BCUT2D eigenvalue weighted by Crippen LogP contribution is 2.21. The maximum absolute atomic E-state index is 5.49. The summed E-state index contributed by atoms with van der Waals surface area (Å²) in [7, 11) is 0. The van der Waals surface area contributed by atoms with Crippen LogP contribution < -0.4 is 5.32 Å². The maximum Gasteiger partial charge on any atom is 0.226 e. The first-order valence-electron chi connectivity index (χ1n) is 6.06. The smallest absolute Gasteiger partial charge is 0.226 e. The third kappa shape index (κ3) is 2.56. The van der Waals surface area contributed by atoms with E-state index < -0.39 is 0 Å². The zero-order chi connectivity index (χ0) is 11.7. The molecule has 1 heterocycles. The second-order valence-electron chi connectivity index (χ2n) is 4.67. The largest absolute Gasteiger partial charge is 0.444 e. The van der Waals surface area contributed by atoms with Crippen LogP contribution in [0.3, 0.4) is 0 Å². The molecule has 1 N–H and O–H groups in total. The number of aryl methyl sites for hydroxylation is 1. The molecule has 0 amide bonds. The number of benzene rings is 1. The Balaban J connectivity index is 1.72. The Morgan fingerprint density at radius 3 is 2.76 bits per heavy atom. The summed E-state index contributed by atoms with van der Waals surface area (Å²) in [5.74, 6) is 0.706. The number of aromatic nitrogens is 1. The molecule has 1 aromatic heterocycles. The number of hydrogen-bond acceptors (Lipinski definition) is 3. The van der Waals surface area contributed by atoms with E-state index in [2.05, 4.69) is 29.4 Å². The zero-order valence-corrected chi connectivity index (χ0v) is 9.94. The highest BCUT2D eigenvalue weighted by molar-refractivity contribution is 5.53. The van der Waals surface area contributed by atoms with Crippen LogP contribution in [-0.4, -0.2) is 11.0 Å². The molecular weight excluding hydrogens is 212 g/mol. The average Bonchev–Trinajstić information content (AvgIpc) is 3.06. The van der Waals surface area contributed by atoms with Crippen molar-refractivity contribution in [2.75, 3.05) is 0 Å². The minimum Gasteiger partial charge on any atom is -0.444 e. The van der Waals surface area contributed by atoms with Gasteiger partial charge in [-0.25, -0.2) is 4.98 Å². The van der Waals surface area contributed by atoms with Gasteiger partial charge in [0.05, 0.1) is 5.69 Å². The van der Waals surface area contributed by atoms with E-state index in [0.717, 1.165) is 17.8 Å². The van der Waals surface area contributed by atoms with Crippen LogP contribution in [0.15, 0.2) is 34.9 Å². The number of nitrogens with zero attached hydrogens (tertiary/aromatic N) is 1. The van der Waals surface area contributed by atoms with Gasteiger partial charge in [0.2, 0.25) is 5.89 Å². The molecule has 3 heteroatoms. The predicted molar refractivity (Wildman–Crippen MR) is 66.5 cm³/mol. The first-order chi connectivity index (χ1) is 8.31. The summed E-state index contributed by atoms with van der Waals surface area (Å²) >= 11 is 0. The maximum atomic E-state index is 5.49. The van der Waals surface area contributed by atoms with Gasteiger partial charge in [-0.15, -0.1) is 0 Å². The normalized spacial score (nSPS) is 15.1. The third-order valence-corrected chi connectivity index (χ3v) is 3.00. The molecule has 3 nitrogen and oxygen atoms in total. The average molecular weight is 228 g/mol. The molecule has 0 radical (unpaired) electrons. The van der Waals surface area contributed by atoms with Gasteiger partial charge in [0.25, 0.3) is 0 Å². The van der Waals surface area contributed by atoms with Gasteiger partial charge in [-0.3, -0.25) is 0 Å². The Morgan fingerprint density at radius 2 is 2.06 bits per heavy atom. The molecule has 1 aromatic carbocycles. The molecule has 0 atom stereocenters. The molecule has 3 rings (SSSR count). The standard InChI is InChI=1S/C14H16N2O/c1-10-2-4-11(5-3-10)14-16-13(9-17-14)8-15-12-6-7-12/h2-5,9,12,15H,6-8H2,1H3. The summed E-state index contributed by atoms with van der Waals surface area (Å²) in [6, 6.07) is 8.93. The molecule has 0 aliphatic heterocycles. The summed E-state index contributed by atoms with van der Waals surface area (Å²) in [6.07, 6.45) is 4.33. The molecule has 0 unspecified atom stereocenters. The minimum atomic E-state index is 0.703. The van der Waals surface area contributed by atoms with Gasteiger partial charge in [0.15, 0.2) is 0 Å². The molecule has 0 spiro atoms. The van der Waals surface area contributed by atoms with E-state index in [9.17, 15) is 0 Å². The lowest BCUT2D eigenvalue weighted by Crippen LogP contribution is -2.15. The van der Waals surface area contributed by atoms with Crippen molar-refractivity contribution in [3.63, 3.8) is 0 Å². The monoisotopic (exact) mass is 228 g/mol. The topological polar surface area (TPSA) is 38.1 Å². The highest BCUT2D eigenvalue weighted by atomic mass is 16.3. The van der Waals surface area contributed by atoms with Crippen molar-refractivity contribution in [2.45, 2.75) is 32.4 Å². The van der Waals surface area contributed by atoms with E-state index in [1.165, 1.54) is 18.4 Å². The number of rotatable bonds is 4. The lowest BCUT2D eigenvalue weighted by atomic mass is 10.1. The molecule has 88 valence electrons. The van der Waals surface area contributed by atoms with Gasteiger partial charge in [-0.2, -0.15) is 0 Å². The second kappa shape index (κ2) is 4.34. The molecule has 1 aliphatic rings. The first kappa shape index (κ1) is 10.5. The molecule has 1 fully saturated rings. The first-order valence-corrected chi connectivity index (χ1v) is 6.06. The Kier molecular flexibility index (Phi) is 2.69. The Hall–Kier alpha value is -1.61. The fraction of sp³-hybridized carbons (Fsp3) is 0.357. The Bertz CT molecular complexity index is 497. The summed E-state index contributed by atoms with van der Waals surface area (Å²) in [6.45, 7) is 2.88. The summed E-state index contributed by atoms with van der Waals surface area (Å²) in [5.41, 5.74) is 3.26. The SMILES string of the molecule is Cc1ccc(-c2nc(CNC3CC3)co2)cc1. The van der Waals surface area contributed by atoms with Gasteiger partial charge in [-0.05, 0) is 31.9 Å². The van der Waals surface area contributed by atoms with E-state index >= 15 is 0 Å². The third-order valence-electron chi connectivity index (χ3n) is 3.00. The van der Waals surface area contributed by atoms with Crippen molar-refractivity contribution in [2.24, 2.45) is 0 Å². The van der Waals surface area contributed by atoms with Gasteiger partial charge in [0.1, 0.15) is 6.26 Å². The van der Waals surface area contributed by atoms with Gasteiger partial charge in [0, 0.05) is 18.2 Å². The van der Waals surface area contributed by atoms with Crippen LogP contribution in [0, 0.1) is 6.92 Å². The number of nitrogens with one attached hydrogen (secondary N) is 1. The fourth-order valence-corrected chi connectivity index (χ4v) is 1.75. The van der Waals surface area contributed by atoms with Crippen molar-refractivity contribution in [3.05, 3.63) is 41.8 Å². The quantitative estimate of drug-likeness (QED) is 0.874. The van der Waals surface area contributed by atoms with E-state index in [1.54, 1.807) is 6.26 Å². The summed E-state index contributed by atoms with van der Waals surface area (Å²) in [4.78, 5) is 4.48. The molecule has 1 aliphatic carbocycles. The highest BCUT2D eigenvalue weighted by Gasteiger charge is 2.20. The van der Waals surface area contributed by atoms with Crippen LogP contribution in [0.2, 0.25) is 0 Å². The molecule has 2 aromatic rings. The minimum absolute atomic E-state index is 0.703. The lowest BCUT2D eigenvalue weighted by molar-refractivity contribution is 0.570. The van der Waals surface area contributed by atoms with Crippen molar-refractivity contribution >= 4 is 0 Å². The molecular formula is C14H16N2O. The number of oxazole rings is 1. The van der Waals surface area contributed by atoms with Gasteiger partial charge in [-0.1, -0.05) is 17.7 Å². The van der Waals surface area contributed by atoms with Crippen LogP contribution in [0.1, 0.15) is 24.1 Å².